The SMILES string of the molecule is CC(C)(C)OC(=O)NC(c1ccccc1)C(O)C(=S)OC(C)(C)C. The molecule has 2 N–H and O–H groups in total. The van der Waals surface area contributed by atoms with Crippen LogP contribution in [-0.4, -0.2) is 33.6 Å². The second kappa shape index (κ2) is 7.94. The van der Waals surface area contributed by atoms with Gasteiger partial charge in [0.05, 0.1) is 6.04 Å². The molecule has 134 valence electrons. The molecule has 1 amide bonds. The fraction of sp³-hybridized carbons (Fsp3) is 0.556. The van der Waals surface area contributed by atoms with Crippen LogP contribution in [0.25, 0.3) is 0 Å². The molecule has 0 aliphatic heterocycles. The normalized spacial score (nSPS) is 14.5. The van der Waals surface area contributed by atoms with E-state index in [4.69, 9.17) is 21.7 Å². The average Bonchev–Trinajstić information content (AvgIpc) is 2.41. The minimum Gasteiger partial charge on any atom is -0.479 e. The van der Waals surface area contributed by atoms with Crippen molar-refractivity contribution in [1.29, 1.82) is 0 Å². The smallest absolute Gasteiger partial charge is 0.408 e. The maximum atomic E-state index is 12.1. The molecule has 2 unspecified atom stereocenters. The summed E-state index contributed by atoms with van der Waals surface area (Å²) in [4.78, 5) is 12.1. The highest BCUT2D eigenvalue weighted by Crippen LogP contribution is 2.22. The van der Waals surface area contributed by atoms with Crippen LogP contribution in [0, 0.1) is 0 Å². The maximum Gasteiger partial charge on any atom is 0.408 e. The minimum absolute atomic E-state index is 0.0208. The first-order chi connectivity index (χ1) is 10.9. The number of carbonyl (C=O) groups is 1. The van der Waals surface area contributed by atoms with Crippen LogP contribution in [0.3, 0.4) is 0 Å². The number of alkyl carbamates (subject to hydrolysis) is 1. The van der Waals surface area contributed by atoms with Crippen LogP contribution >= 0.6 is 12.2 Å². The molecule has 0 aliphatic rings. The number of ether oxygens (including phenoxy) is 2. The number of rotatable bonds is 4. The zero-order valence-corrected chi connectivity index (χ0v) is 15.9. The first-order valence-electron chi connectivity index (χ1n) is 7.84. The number of amides is 1. The van der Waals surface area contributed by atoms with Crippen molar-refractivity contribution in [1.82, 2.24) is 5.32 Å². The van der Waals surface area contributed by atoms with Gasteiger partial charge in [-0.1, -0.05) is 30.3 Å². The number of nitrogens with one attached hydrogen (secondary N) is 1. The highest BCUT2D eigenvalue weighted by molar-refractivity contribution is 7.80. The highest BCUT2D eigenvalue weighted by atomic mass is 32.1. The number of hydrogen-bond donors (Lipinski definition) is 2. The molecule has 0 radical (unpaired) electrons. The van der Waals surface area contributed by atoms with Crippen molar-refractivity contribution in [3.63, 3.8) is 0 Å². The predicted molar refractivity (Wildman–Crippen MR) is 98.0 cm³/mol. The first-order valence-corrected chi connectivity index (χ1v) is 8.25. The van der Waals surface area contributed by atoms with Crippen molar-refractivity contribution < 1.29 is 19.4 Å². The van der Waals surface area contributed by atoms with Gasteiger partial charge in [0.25, 0.3) is 0 Å². The van der Waals surface area contributed by atoms with Crippen LogP contribution < -0.4 is 5.32 Å². The maximum absolute atomic E-state index is 12.1. The van der Waals surface area contributed by atoms with E-state index in [0.717, 1.165) is 0 Å². The summed E-state index contributed by atoms with van der Waals surface area (Å²) in [5.74, 6) is 0. The van der Waals surface area contributed by atoms with Gasteiger partial charge in [-0.25, -0.2) is 4.79 Å². The first kappa shape index (κ1) is 20.4. The van der Waals surface area contributed by atoms with E-state index in [9.17, 15) is 9.90 Å². The summed E-state index contributed by atoms with van der Waals surface area (Å²) < 4.78 is 10.8. The van der Waals surface area contributed by atoms with Crippen molar-refractivity contribution in [3.8, 4) is 0 Å². The Morgan fingerprint density at radius 2 is 1.54 bits per heavy atom. The predicted octanol–water partition coefficient (Wildman–Crippen LogP) is 3.76. The van der Waals surface area contributed by atoms with E-state index in [1.54, 1.807) is 32.9 Å². The lowest BCUT2D eigenvalue weighted by Crippen LogP contribution is -2.44. The van der Waals surface area contributed by atoms with E-state index >= 15 is 0 Å². The average molecular weight is 353 g/mol. The molecule has 6 heteroatoms. The van der Waals surface area contributed by atoms with E-state index in [-0.39, 0.29) is 5.05 Å². The summed E-state index contributed by atoms with van der Waals surface area (Å²) in [6, 6.07) is 8.31. The molecule has 0 fully saturated rings. The quantitative estimate of drug-likeness (QED) is 0.807. The lowest BCUT2D eigenvalue weighted by atomic mass is 10.0. The molecule has 1 aromatic rings. The van der Waals surface area contributed by atoms with Crippen LogP contribution in [0.5, 0.6) is 0 Å². The number of aliphatic hydroxyl groups is 1. The fourth-order valence-corrected chi connectivity index (χ4v) is 2.32. The van der Waals surface area contributed by atoms with E-state index in [0.29, 0.717) is 5.56 Å². The van der Waals surface area contributed by atoms with Crippen LogP contribution in [0.4, 0.5) is 4.79 Å². The van der Waals surface area contributed by atoms with Gasteiger partial charge < -0.3 is 19.9 Å². The third-order valence-corrected chi connectivity index (χ3v) is 3.12. The topological polar surface area (TPSA) is 67.8 Å². The molecule has 0 spiro atoms. The van der Waals surface area contributed by atoms with Crippen LogP contribution in [0.15, 0.2) is 30.3 Å². The molecule has 0 heterocycles. The number of hydrogen-bond acceptors (Lipinski definition) is 5. The Bertz CT molecular complexity index is 561. The second-order valence-corrected chi connectivity index (χ2v) is 7.92. The second-order valence-electron chi connectivity index (χ2n) is 7.51. The molecule has 0 saturated heterocycles. The van der Waals surface area contributed by atoms with Crippen molar-refractivity contribution in [2.75, 3.05) is 0 Å². The molecule has 0 aromatic heterocycles. The van der Waals surface area contributed by atoms with Crippen molar-refractivity contribution >= 4 is 23.4 Å². The van der Waals surface area contributed by atoms with Gasteiger partial charge in [-0.15, -0.1) is 0 Å². The van der Waals surface area contributed by atoms with Gasteiger partial charge in [0.15, 0.2) is 5.05 Å². The summed E-state index contributed by atoms with van der Waals surface area (Å²) >= 11 is 5.20. The monoisotopic (exact) mass is 353 g/mol. The van der Waals surface area contributed by atoms with Gasteiger partial charge in [0, 0.05) is 0 Å². The number of carbonyl (C=O) groups excluding carboxylic acids is 1. The third kappa shape index (κ3) is 7.27. The Kier molecular flexibility index (Phi) is 6.75. The molecule has 5 nitrogen and oxygen atoms in total. The molecule has 24 heavy (non-hydrogen) atoms. The van der Waals surface area contributed by atoms with E-state index in [2.05, 4.69) is 5.32 Å². The molecular weight excluding hydrogens is 326 g/mol. The summed E-state index contributed by atoms with van der Waals surface area (Å²) in [5, 5.41) is 13.3. The zero-order chi connectivity index (χ0) is 18.5. The Labute approximate surface area is 149 Å². The summed E-state index contributed by atoms with van der Waals surface area (Å²) in [7, 11) is 0. The van der Waals surface area contributed by atoms with Gasteiger partial charge in [-0.2, -0.15) is 0 Å². The van der Waals surface area contributed by atoms with E-state index < -0.39 is 29.4 Å². The molecule has 0 aliphatic carbocycles. The third-order valence-electron chi connectivity index (χ3n) is 2.79. The van der Waals surface area contributed by atoms with Gasteiger partial charge in [-0.05, 0) is 59.3 Å². The zero-order valence-electron chi connectivity index (χ0n) is 15.1. The van der Waals surface area contributed by atoms with Crippen LogP contribution in [-0.2, 0) is 9.47 Å². The van der Waals surface area contributed by atoms with E-state index in [1.165, 1.54) is 0 Å². The van der Waals surface area contributed by atoms with Crippen LogP contribution in [0.2, 0.25) is 0 Å². The molecular formula is C18H27NO4S. The van der Waals surface area contributed by atoms with Crippen molar-refractivity contribution in [2.24, 2.45) is 0 Å². The lowest BCUT2D eigenvalue weighted by molar-refractivity contribution is 0.0426. The minimum atomic E-state index is -1.19. The standard InChI is InChI=1S/C18H27NO4S/c1-17(2,3)22-15(24)14(20)13(12-10-8-7-9-11-12)19-16(21)23-18(4,5)6/h7-11,13-14,20H,1-6H3,(H,19,21). The van der Waals surface area contributed by atoms with Crippen molar-refractivity contribution in [3.05, 3.63) is 35.9 Å². The summed E-state index contributed by atoms with van der Waals surface area (Å²) in [6.45, 7) is 10.8. The molecule has 0 bridgehead atoms. The van der Waals surface area contributed by atoms with Gasteiger partial charge >= 0.3 is 6.09 Å². The Morgan fingerprint density at radius 3 is 2.00 bits per heavy atom. The Balaban J connectivity index is 2.98. The van der Waals surface area contributed by atoms with Gasteiger partial charge in [0.2, 0.25) is 0 Å². The Hall–Kier alpha value is -1.66. The van der Waals surface area contributed by atoms with Crippen LogP contribution in [0.1, 0.15) is 53.1 Å². The number of thiocarbonyl (C=S) groups is 1. The summed E-state index contributed by atoms with van der Waals surface area (Å²) in [5.41, 5.74) is -0.472. The largest absolute Gasteiger partial charge is 0.479 e. The lowest BCUT2D eigenvalue weighted by Gasteiger charge is -2.30. The number of aliphatic hydroxyl groups excluding tert-OH is 1. The number of benzene rings is 1. The Morgan fingerprint density at radius 1 is 1.04 bits per heavy atom. The molecule has 1 aromatic carbocycles. The molecule has 0 saturated carbocycles. The fourth-order valence-electron chi connectivity index (χ4n) is 1.94. The highest BCUT2D eigenvalue weighted by Gasteiger charge is 2.31. The van der Waals surface area contributed by atoms with E-state index in [1.807, 2.05) is 39.0 Å². The molecule has 1 rings (SSSR count). The van der Waals surface area contributed by atoms with Gasteiger partial charge in [-0.3, -0.25) is 0 Å². The molecule has 2 atom stereocenters. The van der Waals surface area contributed by atoms with Crippen molar-refractivity contribution in [2.45, 2.75) is 64.9 Å². The summed E-state index contributed by atoms with van der Waals surface area (Å²) in [6.07, 6.45) is -1.82. The van der Waals surface area contributed by atoms with Gasteiger partial charge in [0.1, 0.15) is 17.3 Å².